The molecule has 0 fully saturated rings. The SMILES string of the molecule is C/C(N)=C(\C)Cc1cnc2[nH]c(-c3ccnc(C(=O)NCCN(C)C)c3)cc2c1. The fourth-order valence-electron chi connectivity index (χ4n) is 2.96. The van der Waals surface area contributed by atoms with Gasteiger partial charge in [0.05, 0.1) is 0 Å². The molecule has 0 saturated carbocycles. The van der Waals surface area contributed by atoms with Gasteiger partial charge in [0.25, 0.3) is 5.91 Å². The van der Waals surface area contributed by atoms with Crippen LogP contribution in [-0.4, -0.2) is 52.9 Å². The number of fused-ring (bicyclic) bond motifs is 1. The van der Waals surface area contributed by atoms with Crippen LogP contribution in [0, 0.1) is 0 Å². The van der Waals surface area contributed by atoms with Crippen LogP contribution in [0.25, 0.3) is 22.3 Å². The molecule has 1 amide bonds. The van der Waals surface area contributed by atoms with E-state index in [0.717, 1.165) is 52.1 Å². The molecule has 0 saturated heterocycles. The number of carbonyl (C=O) groups is 1. The van der Waals surface area contributed by atoms with Crippen LogP contribution in [0.4, 0.5) is 0 Å². The first kappa shape index (κ1) is 20.5. The molecule has 0 aliphatic heterocycles. The number of hydrogen-bond donors (Lipinski definition) is 3. The van der Waals surface area contributed by atoms with Gasteiger partial charge in [-0.25, -0.2) is 4.98 Å². The Labute approximate surface area is 171 Å². The summed E-state index contributed by atoms with van der Waals surface area (Å²) in [5, 5.41) is 3.91. The molecule has 4 N–H and O–H groups in total. The second kappa shape index (κ2) is 8.87. The lowest BCUT2D eigenvalue weighted by molar-refractivity contribution is 0.0946. The maximum atomic E-state index is 12.4. The molecule has 0 aliphatic carbocycles. The highest BCUT2D eigenvalue weighted by Gasteiger charge is 2.11. The molecule has 0 aromatic carbocycles. The van der Waals surface area contributed by atoms with Crippen LogP contribution < -0.4 is 11.1 Å². The molecule has 0 spiro atoms. The number of likely N-dealkylation sites (N-methyl/N-ethyl adjacent to an activating group) is 1. The molecular formula is C22H28N6O. The van der Waals surface area contributed by atoms with Gasteiger partial charge in [0.15, 0.2) is 0 Å². The summed E-state index contributed by atoms with van der Waals surface area (Å²) >= 11 is 0. The molecule has 3 aromatic heterocycles. The molecule has 7 heteroatoms. The van der Waals surface area contributed by atoms with Crippen molar-refractivity contribution in [3.8, 4) is 11.3 Å². The van der Waals surface area contributed by atoms with Crippen LogP contribution in [0.3, 0.4) is 0 Å². The summed E-state index contributed by atoms with van der Waals surface area (Å²) in [5.41, 5.74) is 12.0. The Morgan fingerprint density at radius 1 is 1.21 bits per heavy atom. The molecule has 0 unspecified atom stereocenters. The van der Waals surface area contributed by atoms with Crippen molar-refractivity contribution in [3.05, 3.63) is 59.2 Å². The van der Waals surface area contributed by atoms with Crippen LogP contribution >= 0.6 is 0 Å². The second-order valence-electron chi connectivity index (χ2n) is 7.59. The van der Waals surface area contributed by atoms with E-state index >= 15 is 0 Å². The average molecular weight is 393 g/mol. The molecule has 3 aromatic rings. The standard InChI is InChI=1S/C22H28N6O/c1-14(15(2)23)9-16-10-18-12-19(27-21(18)26-13-16)17-5-6-24-20(11-17)22(29)25-7-8-28(3)4/h5-6,10-13H,7-9,23H2,1-4H3,(H,25,29)(H,26,27)/b15-14-. The van der Waals surface area contributed by atoms with Gasteiger partial charge >= 0.3 is 0 Å². The van der Waals surface area contributed by atoms with Crippen molar-refractivity contribution in [1.82, 2.24) is 25.2 Å². The maximum Gasteiger partial charge on any atom is 0.269 e. The van der Waals surface area contributed by atoms with Crippen molar-refractivity contribution in [3.63, 3.8) is 0 Å². The first-order chi connectivity index (χ1) is 13.8. The predicted octanol–water partition coefficient (Wildman–Crippen LogP) is 2.71. The number of pyridine rings is 2. The summed E-state index contributed by atoms with van der Waals surface area (Å²) in [6.45, 7) is 5.30. The van der Waals surface area contributed by atoms with Gasteiger partial charge in [0, 0.05) is 47.8 Å². The van der Waals surface area contributed by atoms with Crippen molar-refractivity contribution in [2.75, 3.05) is 27.2 Å². The van der Waals surface area contributed by atoms with Gasteiger partial charge in [-0.1, -0.05) is 5.57 Å². The summed E-state index contributed by atoms with van der Waals surface area (Å²) in [4.78, 5) is 26.4. The minimum atomic E-state index is -0.176. The minimum absolute atomic E-state index is 0.176. The lowest BCUT2D eigenvalue weighted by Crippen LogP contribution is -2.31. The summed E-state index contributed by atoms with van der Waals surface area (Å²) in [7, 11) is 3.93. The van der Waals surface area contributed by atoms with Crippen molar-refractivity contribution in [2.45, 2.75) is 20.3 Å². The Kier molecular flexibility index (Phi) is 6.29. The maximum absolute atomic E-state index is 12.4. The lowest BCUT2D eigenvalue weighted by Gasteiger charge is -2.10. The van der Waals surface area contributed by atoms with Crippen molar-refractivity contribution >= 4 is 16.9 Å². The molecule has 152 valence electrons. The number of carbonyl (C=O) groups excluding carboxylic acids is 1. The highest BCUT2D eigenvalue weighted by molar-refractivity contribution is 5.93. The van der Waals surface area contributed by atoms with E-state index < -0.39 is 0 Å². The quantitative estimate of drug-likeness (QED) is 0.574. The molecule has 29 heavy (non-hydrogen) atoms. The zero-order valence-corrected chi connectivity index (χ0v) is 17.4. The van der Waals surface area contributed by atoms with E-state index in [1.807, 2.05) is 51.2 Å². The van der Waals surface area contributed by atoms with E-state index in [0.29, 0.717) is 12.2 Å². The molecule has 0 atom stereocenters. The topological polar surface area (TPSA) is 99.9 Å². The molecule has 0 bridgehead atoms. The summed E-state index contributed by atoms with van der Waals surface area (Å²) < 4.78 is 0. The molecule has 7 nitrogen and oxygen atoms in total. The Morgan fingerprint density at radius 3 is 2.72 bits per heavy atom. The number of nitrogens with one attached hydrogen (secondary N) is 2. The second-order valence-corrected chi connectivity index (χ2v) is 7.59. The molecule has 3 heterocycles. The fourth-order valence-corrected chi connectivity index (χ4v) is 2.96. The lowest BCUT2D eigenvalue weighted by atomic mass is 10.1. The number of hydrogen-bond acceptors (Lipinski definition) is 5. The van der Waals surface area contributed by atoms with Gasteiger partial charge in [-0.05, 0) is 64.2 Å². The van der Waals surface area contributed by atoms with Gasteiger partial charge in [-0.2, -0.15) is 0 Å². The van der Waals surface area contributed by atoms with Gasteiger partial charge < -0.3 is 20.9 Å². The largest absolute Gasteiger partial charge is 0.402 e. The van der Waals surface area contributed by atoms with Crippen LogP contribution in [0.2, 0.25) is 0 Å². The minimum Gasteiger partial charge on any atom is -0.402 e. The Balaban J connectivity index is 1.81. The summed E-state index contributed by atoms with van der Waals surface area (Å²) in [5.74, 6) is -0.176. The van der Waals surface area contributed by atoms with E-state index in [-0.39, 0.29) is 5.91 Å². The van der Waals surface area contributed by atoms with E-state index in [9.17, 15) is 4.79 Å². The number of aromatic nitrogens is 3. The molecule has 0 radical (unpaired) electrons. The first-order valence-corrected chi connectivity index (χ1v) is 9.62. The highest BCUT2D eigenvalue weighted by atomic mass is 16.1. The number of allylic oxidation sites excluding steroid dienone is 2. The average Bonchev–Trinajstić information content (AvgIpc) is 3.11. The van der Waals surface area contributed by atoms with E-state index in [2.05, 4.69) is 26.3 Å². The third-order valence-electron chi connectivity index (χ3n) is 4.82. The van der Waals surface area contributed by atoms with Gasteiger partial charge in [-0.15, -0.1) is 0 Å². The molecule has 0 aliphatic rings. The third kappa shape index (κ3) is 5.20. The van der Waals surface area contributed by atoms with Gasteiger partial charge in [0.1, 0.15) is 11.3 Å². The van der Waals surface area contributed by atoms with Gasteiger partial charge in [-0.3, -0.25) is 9.78 Å². The van der Waals surface area contributed by atoms with Crippen LogP contribution in [-0.2, 0) is 6.42 Å². The molecule has 3 rings (SSSR count). The number of nitrogens with zero attached hydrogens (tertiary/aromatic N) is 3. The smallest absolute Gasteiger partial charge is 0.269 e. The van der Waals surface area contributed by atoms with Crippen LogP contribution in [0.1, 0.15) is 29.9 Å². The number of H-pyrrole nitrogens is 1. The van der Waals surface area contributed by atoms with Crippen LogP contribution in [0.15, 0.2) is 47.9 Å². The first-order valence-electron chi connectivity index (χ1n) is 9.62. The number of aromatic amines is 1. The normalized spacial score (nSPS) is 12.3. The van der Waals surface area contributed by atoms with Crippen molar-refractivity contribution < 1.29 is 4.79 Å². The van der Waals surface area contributed by atoms with E-state index in [4.69, 9.17) is 5.73 Å². The Bertz CT molecular complexity index is 1050. The number of amides is 1. The Morgan fingerprint density at radius 2 is 2.00 bits per heavy atom. The van der Waals surface area contributed by atoms with Crippen molar-refractivity contribution in [1.29, 1.82) is 0 Å². The Hall–Kier alpha value is -3.19. The summed E-state index contributed by atoms with van der Waals surface area (Å²) in [6.07, 6.45) is 4.29. The van der Waals surface area contributed by atoms with Crippen molar-refractivity contribution in [2.24, 2.45) is 5.73 Å². The van der Waals surface area contributed by atoms with Crippen LogP contribution in [0.5, 0.6) is 0 Å². The monoisotopic (exact) mass is 392 g/mol. The molecular weight excluding hydrogens is 364 g/mol. The summed E-state index contributed by atoms with van der Waals surface area (Å²) in [6, 6.07) is 7.84. The third-order valence-corrected chi connectivity index (χ3v) is 4.82. The fraction of sp³-hybridized carbons (Fsp3) is 0.318. The highest BCUT2D eigenvalue weighted by Crippen LogP contribution is 2.24. The number of nitrogens with two attached hydrogens (primary N) is 1. The zero-order chi connectivity index (χ0) is 21.0. The zero-order valence-electron chi connectivity index (χ0n) is 17.4. The van der Waals surface area contributed by atoms with E-state index in [1.165, 1.54) is 0 Å². The number of rotatable bonds is 7. The van der Waals surface area contributed by atoms with E-state index in [1.54, 1.807) is 12.3 Å². The predicted molar refractivity (Wildman–Crippen MR) is 116 cm³/mol. The van der Waals surface area contributed by atoms with Gasteiger partial charge in [0.2, 0.25) is 0 Å².